The molecule has 1 aromatic heterocycles. The van der Waals surface area contributed by atoms with Gasteiger partial charge in [-0.2, -0.15) is 0 Å². The van der Waals surface area contributed by atoms with Crippen molar-refractivity contribution in [3.05, 3.63) is 64.3 Å². The van der Waals surface area contributed by atoms with E-state index in [1.165, 1.54) is 4.90 Å². The Bertz CT molecular complexity index is 622. The molecule has 6 nitrogen and oxygen atoms in total. The van der Waals surface area contributed by atoms with E-state index >= 15 is 0 Å². The van der Waals surface area contributed by atoms with Crippen LogP contribution >= 0.6 is 0 Å². The van der Waals surface area contributed by atoms with Gasteiger partial charge in [0.2, 0.25) is 0 Å². The van der Waals surface area contributed by atoms with Crippen molar-refractivity contribution in [2.24, 2.45) is 0 Å². The van der Waals surface area contributed by atoms with Gasteiger partial charge in [-0.05, 0) is 18.2 Å². The minimum atomic E-state index is -0.355. The third-order valence-corrected chi connectivity index (χ3v) is 4.11. The van der Waals surface area contributed by atoms with Crippen LogP contribution in [-0.4, -0.2) is 31.1 Å². The van der Waals surface area contributed by atoms with Gasteiger partial charge in [0.15, 0.2) is 0 Å². The van der Waals surface area contributed by atoms with Crippen molar-refractivity contribution in [1.82, 2.24) is 0 Å². The molecule has 3 rings (SSSR count). The molecule has 22 heavy (non-hydrogen) atoms. The molecule has 2 aromatic rings. The molecule has 1 aromatic carbocycles. The van der Waals surface area contributed by atoms with Crippen molar-refractivity contribution in [3.8, 4) is 0 Å². The first-order chi connectivity index (χ1) is 10.7. The van der Waals surface area contributed by atoms with E-state index < -0.39 is 0 Å². The Balaban J connectivity index is 1.54. The highest BCUT2D eigenvalue weighted by atomic mass is 16.6. The maximum atomic E-state index is 10.7. The predicted octanol–water partition coefficient (Wildman–Crippen LogP) is 0.314. The standard InChI is InChI=1S/C16H18N4O2/c21-20(22)15-6-4-14(5-7-15)13-18-9-11-19(12-10-18)16-3-1-2-8-17-16/h1-8H,9-13H2/p+2. The summed E-state index contributed by atoms with van der Waals surface area (Å²) in [5.74, 6) is 1.16. The van der Waals surface area contributed by atoms with E-state index in [0.717, 1.165) is 44.1 Å². The highest BCUT2D eigenvalue weighted by Crippen LogP contribution is 2.11. The summed E-state index contributed by atoms with van der Waals surface area (Å²) < 4.78 is 0. The minimum absolute atomic E-state index is 0.156. The SMILES string of the molecule is O=[N+]([O-])c1ccc(C[NH+]2CCN(c3cccc[nH+]3)CC2)cc1. The first kappa shape index (κ1) is 14.5. The van der Waals surface area contributed by atoms with Gasteiger partial charge in [-0.1, -0.05) is 6.07 Å². The van der Waals surface area contributed by atoms with E-state index in [0.29, 0.717) is 0 Å². The van der Waals surface area contributed by atoms with E-state index in [4.69, 9.17) is 0 Å². The highest BCUT2D eigenvalue weighted by Gasteiger charge is 2.25. The predicted molar refractivity (Wildman–Crippen MR) is 82.7 cm³/mol. The van der Waals surface area contributed by atoms with Crippen molar-refractivity contribution >= 4 is 11.5 Å². The van der Waals surface area contributed by atoms with Crippen molar-refractivity contribution < 1.29 is 14.8 Å². The summed E-state index contributed by atoms with van der Waals surface area (Å²) >= 11 is 0. The molecular formula is C16H20N4O2+2. The van der Waals surface area contributed by atoms with Crippen LogP contribution < -0.4 is 14.8 Å². The number of nitro benzene ring substituents is 1. The lowest BCUT2D eigenvalue weighted by Gasteiger charge is -2.28. The zero-order valence-electron chi connectivity index (χ0n) is 12.4. The van der Waals surface area contributed by atoms with Crippen LogP contribution in [0.2, 0.25) is 0 Å². The average molecular weight is 300 g/mol. The summed E-state index contributed by atoms with van der Waals surface area (Å²) in [6.45, 7) is 5.09. The lowest BCUT2D eigenvalue weighted by Crippen LogP contribution is -3.13. The van der Waals surface area contributed by atoms with Crippen LogP contribution in [0.15, 0.2) is 48.7 Å². The lowest BCUT2D eigenvalue weighted by molar-refractivity contribution is -0.914. The maximum Gasteiger partial charge on any atom is 0.274 e. The van der Waals surface area contributed by atoms with E-state index in [1.807, 2.05) is 30.5 Å². The van der Waals surface area contributed by atoms with Crippen LogP contribution in [0.5, 0.6) is 0 Å². The van der Waals surface area contributed by atoms with Gasteiger partial charge in [-0.3, -0.25) is 15.0 Å². The zero-order chi connectivity index (χ0) is 15.4. The molecule has 114 valence electrons. The number of pyridine rings is 1. The van der Waals surface area contributed by atoms with E-state index in [1.54, 1.807) is 12.1 Å². The maximum absolute atomic E-state index is 10.7. The average Bonchev–Trinajstić information content (AvgIpc) is 2.57. The van der Waals surface area contributed by atoms with Crippen molar-refractivity contribution in [1.29, 1.82) is 0 Å². The zero-order valence-corrected chi connectivity index (χ0v) is 12.4. The van der Waals surface area contributed by atoms with Crippen molar-refractivity contribution in [2.45, 2.75) is 6.54 Å². The second-order valence-corrected chi connectivity index (χ2v) is 5.59. The van der Waals surface area contributed by atoms with Crippen LogP contribution in [0.4, 0.5) is 11.5 Å². The Morgan fingerprint density at radius 2 is 1.86 bits per heavy atom. The molecule has 2 N–H and O–H groups in total. The van der Waals surface area contributed by atoms with Crippen LogP contribution in [-0.2, 0) is 6.54 Å². The normalized spacial score (nSPS) is 15.7. The molecule has 1 aliphatic rings. The fourth-order valence-corrected chi connectivity index (χ4v) is 2.85. The van der Waals surface area contributed by atoms with Gasteiger partial charge in [0, 0.05) is 23.8 Å². The molecule has 0 aliphatic carbocycles. The molecule has 1 fully saturated rings. The second-order valence-electron chi connectivity index (χ2n) is 5.59. The molecule has 0 atom stereocenters. The number of anilines is 1. The Morgan fingerprint density at radius 3 is 2.45 bits per heavy atom. The molecule has 0 radical (unpaired) electrons. The summed E-state index contributed by atoms with van der Waals surface area (Å²) in [5, 5.41) is 10.7. The number of nitrogens with one attached hydrogen (secondary N) is 2. The van der Waals surface area contributed by atoms with Gasteiger partial charge < -0.3 is 4.90 Å². The number of hydrogen-bond donors (Lipinski definition) is 1. The summed E-state index contributed by atoms with van der Waals surface area (Å²) in [5.41, 5.74) is 1.31. The number of piperazine rings is 1. The van der Waals surface area contributed by atoms with Crippen molar-refractivity contribution in [3.63, 3.8) is 0 Å². The number of rotatable bonds is 4. The van der Waals surface area contributed by atoms with E-state index in [9.17, 15) is 10.1 Å². The molecule has 1 aliphatic heterocycles. The number of H-pyrrole nitrogens is 1. The Labute approximate surface area is 129 Å². The Morgan fingerprint density at radius 1 is 1.14 bits per heavy atom. The van der Waals surface area contributed by atoms with Crippen LogP contribution in [0.3, 0.4) is 0 Å². The van der Waals surface area contributed by atoms with Crippen LogP contribution in [0, 0.1) is 10.1 Å². The van der Waals surface area contributed by atoms with Gasteiger partial charge >= 0.3 is 0 Å². The minimum Gasteiger partial charge on any atom is -0.325 e. The molecule has 6 heteroatoms. The van der Waals surface area contributed by atoms with Crippen molar-refractivity contribution in [2.75, 3.05) is 31.1 Å². The highest BCUT2D eigenvalue weighted by molar-refractivity contribution is 5.33. The van der Waals surface area contributed by atoms with Gasteiger partial charge in [-0.25, -0.2) is 4.98 Å². The monoisotopic (exact) mass is 300 g/mol. The number of aromatic nitrogens is 1. The van der Waals surface area contributed by atoms with Crippen LogP contribution in [0.1, 0.15) is 5.56 Å². The number of quaternary nitrogens is 1. The summed E-state index contributed by atoms with van der Waals surface area (Å²) in [7, 11) is 0. The molecular weight excluding hydrogens is 280 g/mol. The molecule has 0 spiro atoms. The number of non-ortho nitro benzene ring substituents is 1. The fraction of sp³-hybridized carbons (Fsp3) is 0.312. The number of benzene rings is 1. The van der Waals surface area contributed by atoms with Crippen LogP contribution in [0.25, 0.3) is 0 Å². The quantitative estimate of drug-likeness (QED) is 0.653. The fourth-order valence-electron chi connectivity index (χ4n) is 2.85. The van der Waals surface area contributed by atoms with E-state index in [2.05, 4.69) is 16.0 Å². The first-order valence-corrected chi connectivity index (χ1v) is 7.51. The number of nitrogens with zero attached hydrogens (tertiary/aromatic N) is 2. The molecule has 0 unspecified atom stereocenters. The molecule has 0 saturated carbocycles. The van der Waals surface area contributed by atoms with Gasteiger partial charge in [-0.15, -0.1) is 0 Å². The summed E-state index contributed by atoms with van der Waals surface area (Å²) in [4.78, 5) is 17.5. The number of hydrogen-bond acceptors (Lipinski definition) is 3. The third-order valence-electron chi connectivity index (χ3n) is 4.11. The lowest BCUT2D eigenvalue weighted by atomic mass is 10.2. The number of nitro groups is 1. The summed E-state index contributed by atoms with van der Waals surface area (Å²) in [6.07, 6.45) is 1.95. The molecule has 0 bridgehead atoms. The van der Waals surface area contributed by atoms with Gasteiger partial charge in [0.1, 0.15) is 32.7 Å². The Hall–Kier alpha value is -2.47. The molecule has 1 saturated heterocycles. The third kappa shape index (κ3) is 3.40. The smallest absolute Gasteiger partial charge is 0.274 e. The number of aromatic amines is 1. The molecule has 0 amide bonds. The van der Waals surface area contributed by atoms with E-state index in [-0.39, 0.29) is 10.6 Å². The molecule has 2 heterocycles. The second kappa shape index (κ2) is 6.53. The summed E-state index contributed by atoms with van der Waals surface area (Å²) in [6, 6.07) is 13.0. The van der Waals surface area contributed by atoms with Gasteiger partial charge in [0.05, 0.1) is 11.1 Å². The first-order valence-electron chi connectivity index (χ1n) is 7.51. The topological polar surface area (TPSA) is 65.0 Å². The Kier molecular flexibility index (Phi) is 4.29. The van der Waals surface area contributed by atoms with Gasteiger partial charge in [0.25, 0.3) is 11.5 Å². The largest absolute Gasteiger partial charge is 0.325 e.